The quantitative estimate of drug-likeness (QED) is 0.787. The van der Waals surface area contributed by atoms with Crippen LogP contribution in [0.3, 0.4) is 0 Å². The van der Waals surface area contributed by atoms with E-state index < -0.39 is 11.4 Å². The van der Waals surface area contributed by atoms with Crippen molar-refractivity contribution < 1.29 is 14.7 Å². The number of aryl methyl sites for hydroxylation is 1. The Balaban J connectivity index is 1.76. The van der Waals surface area contributed by atoms with Gasteiger partial charge in [-0.2, -0.15) is 0 Å². The second-order valence-electron chi connectivity index (χ2n) is 8.93. The molecular formula is C24H31N3O3. The zero-order valence-corrected chi connectivity index (χ0v) is 18.5. The largest absolute Gasteiger partial charge is 0.478 e. The first-order valence-electron chi connectivity index (χ1n) is 10.3. The third-order valence-electron chi connectivity index (χ3n) is 5.72. The highest BCUT2D eigenvalue weighted by atomic mass is 16.4. The fourth-order valence-corrected chi connectivity index (χ4v) is 3.61. The lowest BCUT2D eigenvalue weighted by molar-refractivity contribution is -0.123. The summed E-state index contributed by atoms with van der Waals surface area (Å²) in [5.41, 5.74) is 4.57. The van der Waals surface area contributed by atoms with Gasteiger partial charge < -0.3 is 20.2 Å². The van der Waals surface area contributed by atoms with Gasteiger partial charge in [0.25, 0.3) is 0 Å². The molecule has 0 aliphatic carbocycles. The highest BCUT2D eigenvalue weighted by molar-refractivity contribution is 6.02. The number of carbonyl (C=O) groups is 2. The first-order chi connectivity index (χ1) is 14.1. The Morgan fingerprint density at radius 1 is 0.967 bits per heavy atom. The van der Waals surface area contributed by atoms with Crippen LogP contribution in [0.5, 0.6) is 0 Å². The molecule has 1 aliphatic rings. The molecule has 2 aromatic rings. The van der Waals surface area contributed by atoms with Gasteiger partial charge >= 0.3 is 5.97 Å². The van der Waals surface area contributed by atoms with E-state index in [1.54, 1.807) is 32.9 Å². The number of carbonyl (C=O) groups excluding carboxylic acids is 1. The number of carboxylic acid groups (broad SMARTS) is 1. The lowest BCUT2D eigenvalue weighted by atomic mass is 9.95. The molecule has 0 radical (unpaired) electrons. The first-order valence-corrected chi connectivity index (χ1v) is 10.3. The second-order valence-corrected chi connectivity index (χ2v) is 8.93. The maximum atomic E-state index is 12.3. The number of rotatable bonds is 4. The molecule has 1 fully saturated rings. The average Bonchev–Trinajstić information content (AvgIpc) is 2.69. The Bertz CT molecular complexity index is 955. The SMILES string of the molecule is Cc1cccc(N2CCN(c3ccc(NC(=O)C(C)(C)C)c(C(=O)O)c3)CC2)c1C. The van der Waals surface area contributed by atoms with Gasteiger partial charge in [-0.25, -0.2) is 4.79 Å². The van der Waals surface area contributed by atoms with Crippen LogP contribution in [0.1, 0.15) is 42.3 Å². The van der Waals surface area contributed by atoms with Crippen molar-refractivity contribution in [1.82, 2.24) is 0 Å². The van der Waals surface area contributed by atoms with E-state index in [4.69, 9.17) is 0 Å². The molecule has 0 unspecified atom stereocenters. The van der Waals surface area contributed by atoms with E-state index in [1.807, 2.05) is 6.07 Å². The molecule has 1 amide bonds. The number of anilines is 3. The third-order valence-corrected chi connectivity index (χ3v) is 5.72. The molecule has 160 valence electrons. The zero-order chi connectivity index (χ0) is 22.1. The average molecular weight is 410 g/mol. The molecule has 0 spiro atoms. The summed E-state index contributed by atoms with van der Waals surface area (Å²) in [6.45, 7) is 13.0. The molecule has 0 saturated carbocycles. The van der Waals surface area contributed by atoms with Gasteiger partial charge in [0.05, 0.1) is 11.3 Å². The highest BCUT2D eigenvalue weighted by Gasteiger charge is 2.25. The molecule has 3 rings (SSSR count). The summed E-state index contributed by atoms with van der Waals surface area (Å²) in [5, 5.41) is 12.4. The van der Waals surface area contributed by atoms with Crippen molar-refractivity contribution in [2.24, 2.45) is 5.41 Å². The van der Waals surface area contributed by atoms with Crippen LogP contribution in [-0.2, 0) is 4.79 Å². The van der Waals surface area contributed by atoms with Crippen molar-refractivity contribution >= 4 is 28.9 Å². The molecule has 30 heavy (non-hydrogen) atoms. The molecule has 1 heterocycles. The van der Waals surface area contributed by atoms with E-state index in [2.05, 4.69) is 47.2 Å². The minimum atomic E-state index is -1.05. The molecule has 2 aromatic carbocycles. The van der Waals surface area contributed by atoms with Gasteiger partial charge in [-0.3, -0.25) is 4.79 Å². The van der Waals surface area contributed by atoms with E-state index in [-0.39, 0.29) is 11.5 Å². The Morgan fingerprint density at radius 3 is 2.20 bits per heavy atom. The first kappa shape index (κ1) is 21.7. The maximum Gasteiger partial charge on any atom is 0.337 e. The van der Waals surface area contributed by atoms with Gasteiger partial charge in [0, 0.05) is 43.0 Å². The summed E-state index contributed by atoms with van der Waals surface area (Å²) < 4.78 is 0. The summed E-state index contributed by atoms with van der Waals surface area (Å²) in [5.74, 6) is -1.25. The summed E-state index contributed by atoms with van der Waals surface area (Å²) in [4.78, 5) is 28.7. The Hall–Kier alpha value is -3.02. The van der Waals surface area contributed by atoms with Gasteiger partial charge in [0.2, 0.25) is 5.91 Å². The topological polar surface area (TPSA) is 72.9 Å². The Labute approximate surface area is 178 Å². The van der Waals surface area contributed by atoms with Gasteiger partial charge in [-0.05, 0) is 49.2 Å². The predicted octanol–water partition coefficient (Wildman–Crippen LogP) is 4.31. The highest BCUT2D eigenvalue weighted by Crippen LogP contribution is 2.28. The van der Waals surface area contributed by atoms with E-state index in [0.29, 0.717) is 5.69 Å². The van der Waals surface area contributed by atoms with Crippen LogP contribution in [0.15, 0.2) is 36.4 Å². The van der Waals surface area contributed by atoms with Crippen LogP contribution in [0, 0.1) is 19.3 Å². The normalized spacial score (nSPS) is 14.6. The van der Waals surface area contributed by atoms with Crippen molar-refractivity contribution in [3.63, 3.8) is 0 Å². The van der Waals surface area contributed by atoms with Crippen molar-refractivity contribution in [1.29, 1.82) is 0 Å². The van der Waals surface area contributed by atoms with Crippen LogP contribution < -0.4 is 15.1 Å². The van der Waals surface area contributed by atoms with Crippen molar-refractivity contribution in [2.45, 2.75) is 34.6 Å². The molecule has 1 saturated heterocycles. The molecule has 0 aromatic heterocycles. The number of nitrogens with one attached hydrogen (secondary N) is 1. The minimum Gasteiger partial charge on any atom is -0.478 e. The van der Waals surface area contributed by atoms with E-state index in [1.165, 1.54) is 16.8 Å². The van der Waals surface area contributed by atoms with Gasteiger partial charge in [0.15, 0.2) is 0 Å². The lowest BCUT2D eigenvalue weighted by Crippen LogP contribution is -2.46. The van der Waals surface area contributed by atoms with Crippen molar-refractivity contribution in [3.8, 4) is 0 Å². The molecule has 6 heteroatoms. The van der Waals surface area contributed by atoms with Crippen LogP contribution in [0.2, 0.25) is 0 Å². The number of carboxylic acids is 1. The van der Waals surface area contributed by atoms with Crippen LogP contribution in [-0.4, -0.2) is 43.2 Å². The second kappa shape index (κ2) is 8.38. The number of piperazine rings is 1. The standard InChI is InChI=1S/C24H31N3O3/c1-16-7-6-8-21(17(16)2)27-13-11-26(12-14-27)18-9-10-20(19(15-18)22(28)29)25-23(30)24(3,4)5/h6-10,15H,11-14H2,1-5H3,(H,25,30)(H,28,29). The van der Waals surface area contributed by atoms with Gasteiger partial charge in [0.1, 0.15) is 0 Å². The van der Waals surface area contributed by atoms with Crippen LogP contribution in [0.25, 0.3) is 0 Å². The van der Waals surface area contributed by atoms with Crippen molar-refractivity contribution in [2.75, 3.05) is 41.3 Å². The zero-order valence-electron chi connectivity index (χ0n) is 18.5. The minimum absolute atomic E-state index is 0.113. The fourth-order valence-electron chi connectivity index (χ4n) is 3.61. The van der Waals surface area contributed by atoms with Gasteiger partial charge in [-0.15, -0.1) is 0 Å². The Morgan fingerprint density at radius 2 is 1.60 bits per heavy atom. The molecule has 0 atom stereocenters. The number of hydrogen-bond donors (Lipinski definition) is 2. The maximum absolute atomic E-state index is 12.3. The van der Waals surface area contributed by atoms with E-state index in [0.717, 1.165) is 31.9 Å². The number of benzene rings is 2. The summed E-state index contributed by atoms with van der Waals surface area (Å²) in [6, 6.07) is 11.6. The van der Waals surface area contributed by atoms with Crippen molar-refractivity contribution in [3.05, 3.63) is 53.1 Å². The fraction of sp³-hybridized carbons (Fsp3) is 0.417. The molecule has 2 N–H and O–H groups in total. The Kier molecular flexibility index (Phi) is 6.06. The summed E-state index contributed by atoms with van der Waals surface area (Å²) >= 11 is 0. The number of hydrogen-bond acceptors (Lipinski definition) is 4. The number of amides is 1. The molecule has 0 bridgehead atoms. The third kappa shape index (κ3) is 4.58. The summed E-state index contributed by atoms with van der Waals surface area (Å²) in [6.07, 6.45) is 0. The van der Waals surface area contributed by atoms with Crippen LogP contribution >= 0.6 is 0 Å². The van der Waals surface area contributed by atoms with Gasteiger partial charge in [-0.1, -0.05) is 32.9 Å². The number of aromatic carboxylic acids is 1. The van der Waals surface area contributed by atoms with E-state index >= 15 is 0 Å². The molecule has 6 nitrogen and oxygen atoms in total. The number of nitrogens with zero attached hydrogens (tertiary/aromatic N) is 2. The monoisotopic (exact) mass is 409 g/mol. The molecule has 1 aliphatic heterocycles. The van der Waals surface area contributed by atoms with Crippen LogP contribution in [0.4, 0.5) is 17.1 Å². The van der Waals surface area contributed by atoms with E-state index in [9.17, 15) is 14.7 Å². The summed E-state index contributed by atoms with van der Waals surface area (Å²) in [7, 11) is 0. The smallest absolute Gasteiger partial charge is 0.337 e. The lowest BCUT2D eigenvalue weighted by Gasteiger charge is -2.38. The predicted molar refractivity (Wildman–Crippen MR) is 122 cm³/mol. The molecular weight excluding hydrogens is 378 g/mol.